The van der Waals surface area contributed by atoms with Crippen LogP contribution in [0.2, 0.25) is 0 Å². The van der Waals surface area contributed by atoms with Crippen molar-refractivity contribution >= 4 is 35.3 Å². The normalized spacial score (nSPS) is 14.6. The highest BCUT2D eigenvalue weighted by atomic mass is 19.1. The number of hydrogen-bond donors (Lipinski definition) is 1. The van der Waals surface area contributed by atoms with Crippen molar-refractivity contribution in [3.05, 3.63) is 99.4 Å². The molecule has 182 valence electrons. The van der Waals surface area contributed by atoms with Crippen LogP contribution < -0.4 is 19.7 Å². The van der Waals surface area contributed by atoms with Gasteiger partial charge in [0, 0.05) is 12.1 Å². The molecule has 36 heavy (non-hydrogen) atoms. The minimum Gasteiger partial charge on any atom is -0.493 e. The summed E-state index contributed by atoms with van der Waals surface area (Å²) in [5, 5.41) is 13.0. The Bertz CT molecular complexity index is 1390. The van der Waals surface area contributed by atoms with Crippen molar-refractivity contribution in [2.45, 2.75) is 6.61 Å². The molecule has 0 aliphatic carbocycles. The highest BCUT2D eigenvalue weighted by Gasteiger charge is 2.37. The van der Waals surface area contributed by atoms with Gasteiger partial charge in [-0.1, -0.05) is 18.2 Å². The fourth-order valence-corrected chi connectivity index (χ4v) is 3.42. The summed E-state index contributed by atoms with van der Waals surface area (Å²) in [5.74, 6) is -1.44. The first-order chi connectivity index (χ1) is 17.3. The topological polar surface area (TPSA) is 128 Å². The molecule has 1 fully saturated rings. The predicted octanol–water partition coefficient (Wildman–Crippen LogP) is 3.99. The molecule has 0 aromatic heterocycles. The second kappa shape index (κ2) is 10.1. The maximum Gasteiger partial charge on any atom is 0.335 e. The number of nitrogens with zero attached hydrogens (tertiary/aromatic N) is 2. The number of anilines is 1. The Balaban J connectivity index is 1.58. The van der Waals surface area contributed by atoms with E-state index in [1.165, 1.54) is 37.5 Å². The lowest BCUT2D eigenvalue weighted by Gasteiger charge is -2.26. The fourth-order valence-electron chi connectivity index (χ4n) is 3.42. The first-order valence-corrected chi connectivity index (χ1v) is 10.5. The Morgan fingerprint density at radius 3 is 2.33 bits per heavy atom. The molecular weight excluding hydrogens is 473 g/mol. The quantitative estimate of drug-likeness (QED) is 0.229. The highest BCUT2D eigenvalue weighted by molar-refractivity contribution is 6.39. The summed E-state index contributed by atoms with van der Waals surface area (Å²) >= 11 is 0. The number of benzene rings is 3. The Morgan fingerprint density at radius 1 is 1.00 bits per heavy atom. The number of carbonyl (C=O) groups is 3. The SMILES string of the molecule is COc1cc(/C=C2\C(=O)NC(=O)N(c3ccc([N+](=O)[O-])cc3)C2=O)ccc1OCc1ccc(F)cc1. The van der Waals surface area contributed by atoms with Gasteiger partial charge in [0.05, 0.1) is 17.7 Å². The predicted molar refractivity (Wildman–Crippen MR) is 126 cm³/mol. The molecule has 0 bridgehead atoms. The van der Waals surface area contributed by atoms with Crippen LogP contribution in [0.3, 0.4) is 0 Å². The van der Waals surface area contributed by atoms with Crippen LogP contribution in [0.5, 0.6) is 11.5 Å². The minimum absolute atomic E-state index is 0.0589. The summed E-state index contributed by atoms with van der Waals surface area (Å²) in [6, 6.07) is 14.3. The summed E-state index contributed by atoms with van der Waals surface area (Å²) in [7, 11) is 1.42. The van der Waals surface area contributed by atoms with E-state index in [9.17, 15) is 28.9 Å². The van der Waals surface area contributed by atoms with Gasteiger partial charge < -0.3 is 9.47 Å². The number of non-ortho nitro benzene ring substituents is 1. The summed E-state index contributed by atoms with van der Waals surface area (Å²) < 4.78 is 24.2. The second-order valence-electron chi connectivity index (χ2n) is 7.56. The number of hydrogen-bond acceptors (Lipinski definition) is 7. The third-order valence-electron chi connectivity index (χ3n) is 5.23. The molecule has 1 heterocycles. The number of carbonyl (C=O) groups excluding carboxylic acids is 3. The largest absolute Gasteiger partial charge is 0.493 e. The van der Waals surface area contributed by atoms with E-state index in [-0.39, 0.29) is 29.4 Å². The van der Waals surface area contributed by atoms with Gasteiger partial charge in [-0.05, 0) is 53.6 Å². The van der Waals surface area contributed by atoms with Crippen molar-refractivity contribution < 1.29 is 33.2 Å². The molecule has 4 amide bonds. The monoisotopic (exact) mass is 491 g/mol. The molecule has 1 aliphatic rings. The molecule has 0 atom stereocenters. The lowest BCUT2D eigenvalue weighted by atomic mass is 10.1. The average Bonchev–Trinajstić information content (AvgIpc) is 2.86. The summed E-state index contributed by atoms with van der Waals surface area (Å²) in [6.07, 6.45) is 1.29. The number of nitro benzene ring substituents is 1. The molecule has 11 heteroatoms. The smallest absolute Gasteiger partial charge is 0.335 e. The zero-order valence-corrected chi connectivity index (χ0v) is 18.8. The molecule has 3 aromatic carbocycles. The van der Waals surface area contributed by atoms with Crippen molar-refractivity contribution in [2.24, 2.45) is 0 Å². The molecule has 0 saturated carbocycles. The van der Waals surface area contributed by atoms with E-state index in [1.807, 2.05) is 0 Å². The van der Waals surface area contributed by atoms with Crippen LogP contribution in [0.25, 0.3) is 6.08 Å². The van der Waals surface area contributed by atoms with Crippen molar-refractivity contribution in [2.75, 3.05) is 12.0 Å². The second-order valence-corrected chi connectivity index (χ2v) is 7.56. The first kappa shape index (κ1) is 24.1. The van der Waals surface area contributed by atoms with Crippen molar-refractivity contribution in [3.8, 4) is 11.5 Å². The molecule has 1 saturated heterocycles. The van der Waals surface area contributed by atoms with Crippen molar-refractivity contribution in [1.29, 1.82) is 0 Å². The Kier molecular flexibility index (Phi) is 6.72. The molecule has 1 aliphatic heterocycles. The van der Waals surface area contributed by atoms with Crippen LogP contribution in [0.1, 0.15) is 11.1 Å². The summed E-state index contributed by atoms with van der Waals surface area (Å²) in [5.41, 5.74) is 0.672. The van der Waals surface area contributed by atoms with Crippen LogP contribution in [0.4, 0.5) is 20.6 Å². The van der Waals surface area contributed by atoms with E-state index in [1.54, 1.807) is 30.3 Å². The number of amides is 4. The van der Waals surface area contributed by atoms with Gasteiger partial charge in [0.1, 0.15) is 18.0 Å². The Labute approximate surface area is 203 Å². The Morgan fingerprint density at radius 2 is 1.69 bits per heavy atom. The molecule has 0 spiro atoms. The van der Waals surface area contributed by atoms with Gasteiger partial charge in [0.2, 0.25) is 0 Å². The number of nitro groups is 1. The average molecular weight is 491 g/mol. The third kappa shape index (κ3) is 5.04. The molecule has 1 N–H and O–H groups in total. The third-order valence-corrected chi connectivity index (χ3v) is 5.23. The molecule has 3 aromatic rings. The standard InChI is InChI=1S/C25H18FN3O7/c1-35-22-13-16(4-11-21(22)36-14-15-2-5-17(26)6-3-15)12-20-23(30)27-25(32)28(24(20)31)18-7-9-19(10-8-18)29(33)34/h2-13H,14H2,1H3,(H,27,30,32)/b20-12+. The highest BCUT2D eigenvalue weighted by Crippen LogP contribution is 2.31. The van der Waals surface area contributed by atoms with Gasteiger partial charge in [-0.3, -0.25) is 25.0 Å². The van der Waals surface area contributed by atoms with Gasteiger partial charge in [0.25, 0.3) is 17.5 Å². The number of halogens is 1. The van der Waals surface area contributed by atoms with E-state index in [4.69, 9.17) is 9.47 Å². The van der Waals surface area contributed by atoms with E-state index < -0.39 is 22.8 Å². The number of ether oxygens (including phenoxy) is 2. The fraction of sp³-hybridized carbons (Fsp3) is 0.0800. The molecule has 4 rings (SSSR count). The van der Waals surface area contributed by atoms with E-state index in [2.05, 4.69) is 5.32 Å². The van der Waals surface area contributed by atoms with E-state index >= 15 is 0 Å². The maximum atomic E-state index is 13.1. The van der Waals surface area contributed by atoms with Crippen molar-refractivity contribution in [3.63, 3.8) is 0 Å². The minimum atomic E-state index is -0.974. The van der Waals surface area contributed by atoms with E-state index in [0.29, 0.717) is 22.0 Å². The molecule has 10 nitrogen and oxygen atoms in total. The van der Waals surface area contributed by atoms with Gasteiger partial charge in [0.15, 0.2) is 11.5 Å². The molecule has 0 radical (unpaired) electrons. The van der Waals surface area contributed by atoms with Gasteiger partial charge in [-0.2, -0.15) is 0 Å². The number of methoxy groups -OCH3 is 1. The molecule has 0 unspecified atom stereocenters. The first-order valence-electron chi connectivity index (χ1n) is 10.5. The maximum absolute atomic E-state index is 13.1. The Hall–Kier alpha value is -5.06. The van der Waals surface area contributed by atoms with E-state index in [0.717, 1.165) is 17.7 Å². The number of imide groups is 2. The number of urea groups is 1. The van der Waals surface area contributed by atoms with Crippen LogP contribution in [0, 0.1) is 15.9 Å². The van der Waals surface area contributed by atoms with Crippen LogP contribution >= 0.6 is 0 Å². The number of rotatable bonds is 7. The van der Waals surface area contributed by atoms with Crippen LogP contribution in [0.15, 0.2) is 72.3 Å². The van der Waals surface area contributed by atoms with Crippen LogP contribution in [-0.2, 0) is 16.2 Å². The zero-order valence-electron chi connectivity index (χ0n) is 18.8. The van der Waals surface area contributed by atoms with Crippen LogP contribution in [-0.4, -0.2) is 29.9 Å². The van der Waals surface area contributed by atoms with Crippen molar-refractivity contribution in [1.82, 2.24) is 5.32 Å². The number of barbiturate groups is 1. The lowest BCUT2D eigenvalue weighted by molar-refractivity contribution is -0.384. The van der Waals surface area contributed by atoms with Gasteiger partial charge >= 0.3 is 6.03 Å². The number of nitrogens with one attached hydrogen (secondary N) is 1. The summed E-state index contributed by atoms with van der Waals surface area (Å²) in [6.45, 7) is 0.157. The van der Waals surface area contributed by atoms with Gasteiger partial charge in [-0.25, -0.2) is 14.1 Å². The summed E-state index contributed by atoms with van der Waals surface area (Å²) in [4.78, 5) is 48.8. The lowest BCUT2D eigenvalue weighted by Crippen LogP contribution is -2.54. The van der Waals surface area contributed by atoms with Gasteiger partial charge in [-0.15, -0.1) is 0 Å². The molecular formula is C25H18FN3O7. The zero-order chi connectivity index (χ0) is 25.8.